The van der Waals surface area contributed by atoms with Gasteiger partial charge in [0, 0.05) is 30.6 Å². The third kappa shape index (κ3) is 4.88. The fourth-order valence-electron chi connectivity index (χ4n) is 6.88. The molecule has 2 aliphatic carbocycles. The number of carboxylic acids is 1. The van der Waals surface area contributed by atoms with Gasteiger partial charge in [0.2, 0.25) is 12.2 Å². The van der Waals surface area contributed by atoms with Crippen molar-refractivity contribution in [1.82, 2.24) is 4.90 Å². The van der Waals surface area contributed by atoms with Crippen molar-refractivity contribution in [3.05, 3.63) is 53.5 Å². The summed E-state index contributed by atoms with van der Waals surface area (Å²) in [6, 6.07) is 3.58. The van der Waals surface area contributed by atoms with Gasteiger partial charge in [0.15, 0.2) is 17.6 Å². The summed E-state index contributed by atoms with van der Waals surface area (Å²) in [6.07, 6.45) is -1.71. The van der Waals surface area contributed by atoms with Gasteiger partial charge >= 0.3 is 23.9 Å². The fraction of sp³-hybridized carbons (Fsp3) is 0.500. The Morgan fingerprint density at radius 1 is 1.28 bits per heavy atom. The summed E-state index contributed by atoms with van der Waals surface area (Å²) < 4.78 is 27.8. The molecule has 5 rings (SSSR count). The topological polar surface area (TPSA) is 184 Å². The van der Waals surface area contributed by atoms with E-state index in [1.807, 2.05) is 19.2 Å². The highest BCUT2D eigenvalue weighted by atomic mass is 16.6. The molecule has 4 N–H and O–H groups in total. The molecule has 0 saturated carbocycles. The van der Waals surface area contributed by atoms with Crippen LogP contribution in [0, 0.1) is 0 Å². The maximum absolute atomic E-state index is 13.3. The van der Waals surface area contributed by atoms with Crippen LogP contribution in [-0.4, -0.2) is 96.2 Å². The van der Waals surface area contributed by atoms with Crippen molar-refractivity contribution in [2.24, 2.45) is 5.73 Å². The van der Waals surface area contributed by atoms with Crippen molar-refractivity contribution in [2.45, 2.75) is 67.5 Å². The van der Waals surface area contributed by atoms with Crippen LogP contribution < -0.4 is 15.2 Å². The van der Waals surface area contributed by atoms with Crippen LogP contribution in [0.25, 0.3) is 0 Å². The number of aliphatic carboxylic acids is 1. The number of nitrogens with zero attached hydrogens (tertiary/aromatic N) is 1. The number of piperidine rings is 1. The Bertz CT molecular complexity index is 1430. The SMILES string of the molecule is C=C=CC(OC(=O)[C@H](CC(=O)OC1=CC[C@@]2(O)[C@H]3Cc4ccc(OC)c5c4[C@@]2(CCN3C)[C@H]1O5)OC(=O)CCN)C(=O)O. The van der Waals surface area contributed by atoms with Gasteiger partial charge in [-0.25, -0.2) is 9.59 Å². The second-order valence-corrected chi connectivity index (χ2v) is 11.0. The van der Waals surface area contributed by atoms with E-state index in [0.29, 0.717) is 30.9 Å². The molecule has 1 unspecified atom stereocenters. The van der Waals surface area contributed by atoms with Gasteiger partial charge in [0.05, 0.1) is 31.0 Å². The monoisotopic (exact) mass is 598 g/mol. The minimum Gasteiger partial charge on any atom is -0.493 e. The number of nitrogens with two attached hydrogens (primary N) is 1. The van der Waals surface area contributed by atoms with Crippen molar-refractivity contribution in [2.75, 3.05) is 27.2 Å². The third-order valence-corrected chi connectivity index (χ3v) is 8.78. The summed E-state index contributed by atoms with van der Waals surface area (Å²) >= 11 is 0. The summed E-state index contributed by atoms with van der Waals surface area (Å²) in [5.74, 6) is -3.54. The number of carbonyl (C=O) groups excluding carboxylic acids is 3. The molecular formula is C30H34N2O11. The Hall–Kier alpha value is -4.16. The number of methoxy groups -OCH3 is 1. The average molecular weight is 599 g/mol. The maximum atomic E-state index is 13.3. The van der Waals surface area contributed by atoms with Crippen LogP contribution >= 0.6 is 0 Å². The molecule has 230 valence electrons. The lowest BCUT2D eigenvalue weighted by atomic mass is 9.50. The van der Waals surface area contributed by atoms with Crippen LogP contribution in [0.5, 0.6) is 11.5 Å². The van der Waals surface area contributed by atoms with Gasteiger partial charge < -0.3 is 44.5 Å². The molecule has 0 amide bonds. The molecule has 6 atom stereocenters. The van der Waals surface area contributed by atoms with Crippen molar-refractivity contribution in [1.29, 1.82) is 0 Å². The van der Waals surface area contributed by atoms with E-state index in [2.05, 4.69) is 17.2 Å². The molecule has 13 nitrogen and oxygen atoms in total. The van der Waals surface area contributed by atoms with Crippen molar-refractivity contribution < 1.29 is 53.1 Å². The predicted octanol–water partition coefficient (Wildman–Crippen LogP) is 0.504. The number of aliphatic hydroxyl groups is 1. The van der Waals surface area contributed by atoms with Gasteiger partial charge in [-0.2, -0.15) is 0 Å². The zero-order chi connectivity index (χ0) is 31.1. The quantitative estimate of drug-likeness (QED) is 0.182. The second kappa shape index (κ2) is 11.5. The lowest BCUT2D eigenvalue weighted by molar-refractivity contribution is -0.178. The van der Waals surface area contributed by atoms with Crippen LogP contribution in [0.1, 0.15) is 36.8 Å². The van der Waals surface area contributed by atoms with Gasteiger partial charge in [-0.1, -0.05) is 12.6 Å². The van der Waals surface area contributed by atoms with Crippen LogP contribution in [0.4, 0.5) is 0 Å². The van der Waals surface area contributed by atoms with Gasteiger partial charge in [0.25, 0.3) is 0 Å². The number of likely N-dealkylation sites (N-methyl/N-ethyl adjacent to an activating group) is 1. The van der Waals surface area contributed by atoms with Crippen LogP contribution in [0.2, 0.25) is 0 Å². The van der Waals surface area contributed by atoms with Crippen LogP contribution in [-0.2, 0) is 45.2 Å². The van der Waals surface area contributed by atoms with Gasteiger partial charge in [0.1, 0.15) is 5.76 Å². The van der Waals surface area contributed by atoms with Crippen LogP contribution in [0.3, 0.4) is 0 Å². The Balaban J connectivity index is 1.43. The first-order valence-electron chi connectivity index (χ1n) is 13.9. The second-order valence-electron chi connectivity index (χ2n) is 11.0. The summed E-state index contributed by atoms with van der Waals surface area (Å²) in [4.78, 5) is 51.9. The highest BCUT2D eigenvalue weighted by Gasteiger charge is 2.72. The summed E-state index contributed by atoms with van der Waals surface area (Å²) in [7, 11) is 3.50. The van der Waals surface area contributed by atoms with E-state index in [4.69, 9.17) is 29.4 Å². The lowest BCUT2D eigenvalue weighted by Gasteiger charge is -2.61. The minimum absolute atomic E-state index is 0.0823. The molecule has 1 fully saturated rings. The zero-order valence-electron chi connectivity index (χ0n) is 23.9. The van der Waals surface area contributed by atoms with Gasteiger partial charge in [-0.3, -0.25) is 9.59 Å². The number of carboxylic acid groups (broad SMARTS) is 1. The average Bonchev–Trinajstić information content (AvgIpc) is 3.32. The minimum atomic E-state index is -1.82. The summed E-state index contributed by atoms with van der Waals surface area (Å²) in [5, 5.41) is 21.6. The fourth-order valence-corrected chi connectivity index (χ4v) is 6.88. The summed E-state index contributed by atoms with van der Waals surface area (Å²) in [5.41, 5.74) is 7.33. The molecule has 2 aliphatic heterocycles. The molecule has 1 spiro atoms. The van der Waals surface area contributed by atoms with E-state index in [1.54, 1.807) is 6.08 Å². The first-order chi connectivity index (χ1) is 20.5. The number of likely N-dealkylation sites (tertiary alicyclic amines) is 1. The molecule has 2 bridgehead atoms. The molecule has 1 saturated heterocycles. The first kappa shape index (κ1) is 30.3. The van der Waals surface area contributed by atoms with Gasteiger partial charge in [-0.15, -0.1) is 5.73 Å². The number of hydrogen-bond acceptors (Lipinski definition) is 12. The van der Waals surface area contributed by atoms with E-state index >= 15 is 0 Å². The lowest BCUT2D eigenvalue weighted by Crippen LogP contribution is -2.74. The Morgan fingerprint density at radius 3 is 2.72 bits per heavy atom. The van der Waals surface area contributed by atoms with E-state index in [9.17, 15) is 29.4 Å². The smallest absolute Gasteiger partial charge is 0.349 e. The molecule has 2 heterocycles. The van der Waals surface area contributed by atoms with Crippen molar-refractivity contribution >= 4 is 23.9 Å². The number of hydrogen-bond donors (Lipinski definition) is 3. The maximum Gasteiger partial charge on any atom is 0.349 e. The molecule has 1 aromatic rings. The first-order valence-corrected chi connectivity index (χ1v) is 13.9. The highest BCUT2D eigenvalue weighted by molar-refractivity contribution is 5.87. The molecule has 43 heavy (non-hydrogen) atoms. The molecule has 0 radical (unpaired) electrons. The van der Waals surface area contributed by atoms with Crippen LogP contribution in [0.15, 0.2) is 42.4 Å². The molecule has 4 aliphatic rings. The van der Waals surface area contributed by atoms with E-state index < -0.39 is 59.6 Å². The van der Waals surface area contributed by atoms with Gasteiger partial charge in [-0.05, 0) is 44.1 Å². The zero-order valence-corrected chi connectivity index (χ0v) is 23.9. The van der Waals surface area contributed by atoms with E-state index in [1.165, 1.54) is 7.11 Å². The molecule has 13 heteroatoms. The highest BCUT2D eigenvalue weighted by Crippen LogP contribution is 2.65. The van der Waals surface area contributed by atoms with Crippen molar-refractivity contribution in [3.8, 4) is 11.5 Å². The Kier molecular flexibility index (Phi) is 8.10. The standard InChI is InChI=1S/C30H34N2O11/c1-4-5-19(27(35)36)42-28(37)20(41-22(33)9-12-31)15-23(34)40-18-8-10-30(38)21-14-16-6-7-17(39-3)25-24(16)29(30,26(18)43-25)11-13-32(21)2/h5-8,19-21,26,38H,1,9-15,31H2,2-3H3,(H,35,36)/t19?,20-,21+,26-,29-,30+/m0/s1. The molecule has 0 aromatic heterocycles. The number of ether oxygens (including phenoxy) is 5. The Morgan fingerprint density at radius 2 is 2.05 bits per heavy atom. The van der Waals surface area contributed by atoms with E-state index in [-0.39, 0.29) is 31.2 Å². The number of rotatable bonds is 11. The van der Waals surface area contributed by atoms with Crippen molar-refractivity contribution in [3.63, 3.8) is 0 Å². The number of benzene rings is 1. The van der Waals surface area contributed by atoms with E-state index in [0.717, 1.165) is 17.2 Å². The predicted molar refractivity (Wildman–Crippen MR) is 147 cm³/mol. The largest absolute Gasteiger partial charge is 0.493 e. The Labute approximate surface area is 247 Å². The number of carbonyl (C=O) groups is 4. The molecule has 1 aromatic carbocycles. The summed E-state index contributed by atoms with van der Waals surface area (Å²) in [6.45, 7) is 3.85. The molecular weight excluding hydrogens is 564 g/mol. The number of esters is 3. The third-order valence-electron chi connectivity index (χ3n) is 8.78. The normalized spacial score (nSPS) is 27.7.